The molecule has 1 fully saturated rings. The number of nitrogens with one attached hydrogen (secondary N) is 1. The molecule has 1 aliphatic heterocycles. The number of amides is 1. The summed E-state index contributed by atoms with van der Waals surface area (Å²) in [4.78, 5) is 23.0. The highest BCUT2D eigenvalue weighted by atomic mass is 19.1. The van der Waals surface area contributed by atoms with Gasteiger partial charge >= 0.3 is 13.1 Å². The van der Waals surface area contributed by atoms with Crippen molar-refractivity contribution in [1.82, 2.24) is 5.32 Å². The predicted octanol–water partition coefficient (Wildman–Crippen LogP) is 0.814. The molecule has 8 heteroatoms. The molecule has 2 rings (SSSR count). The van der Waals surface area contributed by atoms with Crippen LogP contribution >= 0.6 is 0 Å². The van der Waals surface area contributed by atoms with Crippen molar-refractivity contribution in [2.75, 3.05) is 20.3 Å². The molecule has 1 heterocycles. The summed E-state index contributed by atoms with van der Waals surface area (Å²) in [5, 5.41) is 2.46. The molecule has 1 atom stereocenters. The van der Waals surface area contributed by atoms with Crippen LogP contribution < -0.4 is 10.8 Å². The van der Waals surface area contributed by atoms with Gasteiger partial charge in [-0.15, -0.1) is 0 Å². The van der Waals surface area contributed by atoms with Gasteiger partial charge in [0.2, 0.25) is 5.91 Å². The lowest BCUT2D eigenvalue weighted by atomic mass is 9.75. The van der Waals surface area contributed by atoms with E-state index in [0.717, 1.165) is 0 Å². The maximum absolute atomic E-state index is 14.4. The quantitative estimate of drug-likeness (QED) is 0.628. The summed E-state index contributed by atoms with van der Waals surface area (Å²) < 4.78 is 30.4. The molecule has 1 saturated heterocycles. The number of hydrogen-bond acceptors (Lipinski definition) is 5. The molecule has 25 heavy (non-hydrogen) atoms. The van der Waals surface area contributed by atoms with Crippen molar-refractivity contribution >= 4 is 24.5 Å². The SMILES string of the molecule is COC(=O)C(Cc1ccc(B2OCC(C)(C)CO2)cc1F)NC(C)=O. The maximum atomic E-state index is 14.4. The highest BCUT2D eigenvalue weighted by molar-refractivity contribution is 6.61. The first kappa shape index (κ1) is 19.4. The lowest BCUT2D eigenvalue weighted by Gasteiger charge is -2.33. The van der Waals surface area contributed by atoms with E-state index in [9.17, 15) is 14.0 Å². The number of ether oxygens (including phenoxy) is 1. The van der Waals surface area contributed by atoms with Crippen molar-refractivity contribution < 1.29 is 28.0 Å². The minimum atomic E-state index is -0.939. The van der Waals surface area contributed by atoms with Gasteiger partial charge in [-0.1, -0.05) is 26.0 Å². The molecule has 0 aromatic heterocycles. The standard InChI is InChI=1S/C17H23BFNO5/c1-11(21)20-15(16(22)23-4)7-12-5-6-13(8-14(12)19)18-24-9-17(2,3)10-25-18/h5-6,8,15H,7,9-10H2,1-4H3,(H,20,21). The Hall–Kier alpha value is -1.93. The zero-order valence-electron chi connectivity index (χ0n) is 14.9. The van der Waals surface area contributed by atoms with E-state index < -0.39 is 24.9 Å². The molecule has 0 bridgehead atoms. The summed E-state index contributed by atoms with van der Waals surface area (Å²) in [5.74, 6) is -1.51. The summed E-state index contributed by atoms with van der Waals surface area (Å²) in [6.45, 7) is 6.39. The van der Waals surface area contributed by atoms with Crippen LogP contribution in [0.3, 0.4) is 0 Å². The fourth-order valence-corrected chi connectivity index (χ4v) is 2.56. The molecule has 0 radical (unpaired) electrons. The monoisotopic (exact) mass is 351 g/mol. The Morgan fingerprint density at radius 2 is 2.00 bits per heavy atom. The second-order valence-electron chi connectivity index (χ2n) is 6.95. The van der Waals surface area contributed by atoms with Crippen LogP contribution in [0.2, 0.25) is 0 Å². The molecular formula is C17H23BFNO5. The van der Waals surface area contributed by atoms with Gasteiger partial charge in [0.15, 0.2) is 0 Å². The molecule has 1 N–H and O–H groups in total. The van der Waals surface area contributed by atoms with Crippen LogP contribution in [0.5, 0.6) is 0 Å². The topological polar surface area (TPSA) is 73.9 Å². The highest BCUT2D eigenvalue weighted by Crippen LogP contribution is 2.21. The average Bonchev–Trinajstić information content (AvgIpc) is 2.54. The first-order chi connectivity index (χ1) is 11.7. The van der Waals surface area contributed by atoms with Gasteiger partial charge in [-0.05, 0) is 17.1 Å². The van der Waals surface area contributed by atoms with Crippen molar-refractivity contribution in [3.05, 3.63) is 29.6 Å². The third-order valence-corrected chi connectivity index (χ3v) is 3.89. The van der Waals surface area contributed by atoms with Crippen LogP contribution in [0.25, 0.3) is 0 Å². The van der Waals surface area contributed by atoms with E-state index in [2.05, 4.69) is 10.1 Å². The van der Waals surface area contributed by atoms with E-state index >= 15 is 0 Å². The van der Waals surface area contributed by atoms with Crippen LogP contribution in [0.4, 0.5) is 4.39 Å². The molecule has 0 spiro atoms. The number of methoxy groups -OCH3 is 1. The van der Waals surface area contributed by atoms with Crippen LogP contribution in [0.1, 0.15) is 26.3 Å². The van der Waals surface area contributed by atoms with Crippen molar-refractivity contribution in [3.63, 3.8) is 0 Å². The van der Waals surface area contributed by atoms with Gasteiger partial charge in [0, 0.05) is 32.0 Å². The number of benzene rings is 1. The lowest BCUT2D eigenvalue weighted by molar-refractivity contribution is -0.144. The summed E-state index contributed by atoms with van der Waals surface area (Å²) >= 11 is 0. The summed E-state index contributed by atoms with van der Waals surface area (Å²) in [7, 11) is 0.610. The van der Waals surface area contributed by atoms with Crippen LogP contribution in [0.15, 0.2) is 18.2 Å². The summed E-state index contributed by atoms with van der Waals surface area (Å²) in [5.41, 5.74) is 0.802. The Morgan fingerprint density at radius 1 is 1.36 bits per heavy atom. The van der Waals surface area contributed by atoms with E-state index in [1.165, 1.54) is 20.1 Å². The van der Waals surface area contributed by atoms with Gasteiger partial charge < -0.3 is 19.4 Å². The third-order valence-electron chi connectivity index (χ3n) is 3.89. The number of carbonyl (C=O) groups excluding carboxylic acids is 2. The average molecular weight is 351 g/mol. The molecule has 0 aliphatic carbocycles. The van der Waals surface area contributed by atoms with Crippen LogP contribution in [0, 0.1) is 11.2 Å². The van der Waals surface area contributed by atoms with E-state index in [4.69, 9.17) is 9.31 Å². The predicted molar refractivity (Wildman–Crippen MR) is 90.8 cm³/mol. The number of esters is 1. The fraction of sp³-hybridized carbons (Fsp3) is 0.529. The summed E-state index contributed by atoms with van der Waals surface area (Å²) in [6, 6.07) is 3.66. The Labute approximate surface area is 147 Å². The van der Waals surface area contributed by atoms with Crippen molar-refractivity contribution in [2.24, 2.45) is 5.41 Å². The fourth-order valence-electron chi connectivity index (χ4n) is 2.56. The second kappa shape index (κ2) is 7.97. The van der Waals surface area contributed by atoms with Gasteiger partial charge in [0.05, 0.1) is 7.11 Å². The van der Waals surface area contributed by atoms with E-state index in [0.29, 0.717) is 24.2 Å². The zero-order chi connectivity index (χ0) is 18.6. The maximum Gasteiger partial charge on any atom is 0.494 e. The lowest BCUT2D eigenvalue weighted by Crippen LogP contribution is -2.47. The number of halogens is 1. The molecule has 136 valence electrons. The van der Waals surface area contributed by atoms with Crippen LogP contribution in [-0.2, 0) is 30.1 Å². The minimum absolute atomic E-state index is 0.00220. The Kier molecular flexibility index (Phi) is 6.18. The molecule has 1 aromatic rings. The molecule has 1 aromatic carbocycles. The molecule has 1 unspecified atom stereocenters. The number of hydrogen-bond donors (Lipinski definition) is 1. The third kappa shape index (κ3) is 5.27. The molecule has 1 aliphatic rings. The van der Waals surface area contributed by atoms with Gasteiger partial charge in [-0.25, -0.2) is 9.18 Å². The first-order valence-electron chi connectivity index (χ1n) is 8.08. The second-order valence-corrected chi connectivity index (χ2v) is 6.95. The zero-order valence-corrected chi connectivity index (χ0v) is 14.9. The molecule has 6 nitrogen and oxygen atoms in total. The van der Waals surface area contributed by atoms with Gasteiger partial charge in [0.25, 0.3) is 0 Å². The Morgan fingerprint density at radius 3 is 2.52 bits per heavy atom. The van der Waals surface area contributed by atoms with Gasteiger partial charge in [-0.2, -0.15) is 0 Å². The van der Waals surface area contributed by atoms with Crippen molar-refractivity contribution in [3.8, 4) is 0 Å². The normalized spacial score (nSPS) is 17.7. The smallest absolute Gasteiger partial charge is 0.467 e. The van der Waals surface area contributed by atoms with E-state index in [-0.39, 0.29) is 17.7 Å². The number of carbonyl (C=O) groups is 2. The molecular weight excluding hydrogens is 328 g/mol. The molecule has 0 saturated carbocycles. The highest BCUT2D eigenvalue weighted by Gasteiger charge is 2.34. The molecule has 1 amide bonds. The van der Waals surface area contributed by atoms with Crippen LogP contribution in [-0.4, -0.2) is 45.4 Å². The van der Waals surface area contributed by atoms with Crippen molar-refractivity contribution in [2.45, 2.75) is 33.2 Å². The minimum Gasteiger partial charge on any atom is -0.467 e. The van der Waals surface area contributed by atoms with E-state index in [1.54, 1.807) is 12.1 Å². The Bertz CT molecular complexity index is 642. The largest absolute Gasteiger partial charge is 0.494 e. The van der Waals surface area contributed by atoms with Crippen molar-refractivity contribution in [1.29, 1.82) is 0 Å². The van der Waals surface area contributed by atoms with Gasteiger partial charge in [0.1, 0.15) is 11.9 Å². The summed E-state index contributed by atoms with van der Waals surface area (Å²) in [6.07, 6.45) is -0.00220. The Balaban J connectivity index is 2.10. The van der Waals surface area contributed by atoms with Gasteiger partial charge in [-0.3, -0.25) is 4.79 Å². The van der Waals surface area contributed by atoms with E-state index in [1.807, 2.05) is 13.8 Å². The number of rotatable bonds is 5. The first-order valence-corrected chi connectivity index (χ1v) is 8.08.